The monoisotopic (exact) mass is 397 g/mol. The molecule has 148 valence electrons. The number of nitrogens with one attached hydrogen (secondary N) is 1. The van der Waals surface area contributed by atoms with E-state index in [0.29, 0.717) is 6.10 Å². The fourth-order valence-corrected chi connectivity index (χ4v) is 4.87. The maximum absolute atomic E-state index is 6.54. The molecule has 1 aliphatic rings. The van der Waals surface area contributed by atoms with E-state index in [2.05, 4.69) is 49.2 Å². The number of aromatic nitrogens is 2. The zero-order valence-corrected chi connectivity index (χ0v) is 17.8. The molecule has 1 fully saturated rings. The highest BCUT2D eigenvalue weighted by Gasteiger charge is 2.22. The smallest absolute Gasteiger partial charge is 0.326 e. The number of pyridine rings is 1. The summed E-state index contributed by atoms with van der Waals surface area (Å²) in [5.41, 5.74) is 4.37. The Morgan fingerprint density at radius 1 is 1.11 bits per heavy atom. The molecule has 0 aliphatic heterocycles. The number of fused-ring (bicyclic) bond motifs is 1. The van der Waals surface area contributed by atoms with Gasteiger partial charge < -0.3 is 9.57 Å². The fourth-order valence-electron chi connectivity index (χ4n) is 4.17. The van der Waals surface area contributed by atoms with Crippen molar-refractivity contribution in [1.29, 1.82) is 0 Å². The lowest BCUT2D eigenvalue weighted by Gasteiger charge is -2.25. The molecule has 3 aromatic rings. The molecule has 5 heteroatoms. The Hall–Kier alpha value is -2.14. The van der Waals surface area contributed by atoms with Crippen molar-refractivity contribution in [3.8, 4) is 16.9 Å². The summed E-state index contributed by atoms with van der Waals surface area (Å²) >= 11 is 1.86. The molecule has 1 aliphatic carbocycles. The molecular formula is C23H29N2O2S+. The predicted octanol–water partition coefficient (Wildman–Crippen LogP) is 5.31. The van der Waals surface area contributed by atoms with Crippen molar-refractivity contribution in [2.75, 3.05) is 12.9 Å². The Morgan fingerprint density at radius 2 is 1.93 bits per heavy atom. The summed E-state index contributed by atoms with van der Waals surface area (Å²) in [6, 6.07) is 10.9. The Morgan fingerprint density at radius 3 is 2.68 bits per heavy atom. The van der Waals surface area contributed by atoms with E-state index in [0.717, 1.165) is 41.1 Å². The van der Waals surface area contributed by atoms with Gasteiger partial charge >= 0.3 is 5.65 Å². The van der Waals surface area contributed by atoms with Gasteiger partial charge in [-0.3, -0.25) is 0 Å². The zero-order valence-electron chi connectivity index (χ0n) is 17.0. The third-order valence-corrected chi connectivity index (χ3v) is 6.35. The number of hydrogen-bond donors (Lipinski definition) is 1. The highest BCUT2D eigenvalue weighted by Crippen LogP contribution is 2.39. The molecule has 0 atom stereocenters. The second-order valence-corrected chi connectivity index (χ2v) is 8.72. The minimum Gasteiger partial charge on any atom is -0.490 e. The lowest BCUT2D eigenvalue weighted by molar-refractivity contribution is -0.870. The van der Waals surface area contributed by atoms with Gasteiger partial charge in [0.25, 0.3) is 0 Å². The molecule has 1 aromatic carbocycles. The van der Waals surface area contributed by atoms with Crippen molar-refractivity contribution in [3.63, 3.8) is 0 Å². The summed E-state index contributed by atoms with van der Waals surface area (Å²) in [5, 5.41) is 1.14. The first-order chi connectivity index (χ1) is 13.7. The highest BCUT2D eigenvalue weighted by atomic mass is 32.2. The van der Waals surface area contributed by atoms with Crippen LogP contribution < -0.4 is 14.3 Å². The lowest BCUT2D eigenvalue weighted by Crippen LogP contribution is -2.44. The van der Waals surface area contributed by atoms with Gasteiger partial charge in [0, 0.05) is 22.9 Å². The second kappa shape index (κ2) is 8.48. The number of aromatic amines is 1. The van der Waals surface area contributed by atoms with Crippen LogP contribution in [0.5, 0.6) is 5.75 Å². The van der Waals surface area contributed by atoms with E-state index in [1.54, 1.807) is 7.11 Å². The average molecular weight is 398 g/mol. The molecule has 0 unspecified atom stereocenters. The highest BCUT2D eigenvalue weighted by molar-refractivity contribution is 7.99. The van der Waals surface area contributed by atoms with E-state index in [9.17, 15) is 0 Å². The molecule has 2 aromatic heterocycles. The van der Waals surface area contributed by atoms with Crippen LogP contribution in [0.1, 0.15) is 44.7 Å². The van der Waals surface area contributed by atoms with Crippen LogP contribution in [0.15, 0.2) is 41.4 Å². The van der Waals surface area contributed by atoms with Crippen molar-refractivity contribution < 1.29 is 14.3 Å². The number of nitrogens with zero attached hydrogens (tertiary/aromatic N) is 1. The zero-order chi connectivity index (χ0) is 19.5. The molecule has 0 saturated heterocycles. The molecule has 0 amide bonds. The third-order valence-electron chi connectivity index (χ3n) is 5.47. The summed E-state index contributed by atoms with van der Waals surface area (Å²) in [6.07, 6.45) is 8.47. The van der Waals surface area contributed by atoms with E-state index < -0.39 is 0 Å². The molecular weight excluding hydrogens is 368 g/mol. The standard InChI is InChI=1S/C23H28N2O2S/c1-4-28-18-10-11-22(27-17-8-6-5-7-9-17)21(15-18)20-14-16(2)25(26-3)23-19(20)12-13-24-23/h10-15,17H,4-9H2,1-3H3/p+1. The Balaban J connectivity index is 1.84. The number of rotatable bonds is 6. The van der Waals surface area contributed by atoms with Gasteiger partial charge in [0.15, 0.2) is 0 Å². The van der Waals surface area contributed by atoms with Gasteiger partial charge in [0.1, 0.15) is 18.6 Å². The van der Waals surface area contributed by atoms with Gasteiger partial charge in [0.2, 0.25) is 0 Å². The van der Waals surface area contributed by atoms with Crippen LogP contribution in [0.4, 0.5) is 0 Å². The number of thioether (sulfide) groups is 1. The summed E-state index contributed by atoms with van der Waals surface area (Å²) in [4.78, 5) is 10.2. The first-order valence-corrected chi connectivity index (χ1v) is 11.2. The van der Waals surface area contributed by atoms with Crippen LogP contribution in [0, 0.1) is 6.92 Å². The Bertz CT molecular complexity index is 961. The first-order valence-electron chi connectivity index (χ1n) is 10.2. The maximum atomic E-state index is 6.54. The minimum atomic E-state index is 0.326. The molecule has 2 heterocycles. The molecule has 4 nitrogen and oxygen atoms in total. The first kappa shape index (κ1) is 19.2. The average Bonchev–Trinajstić information content (AvgIpc) is 3.19. The van der Waals surface area contributed by atoms with Crippen LogP contribution in [-0.4, -0.2) is 24.0 Å². The SMILES string of the molecule is CCSc1ccc(OC2CCCCC2)c(-c2cc(C)[n+](OC)c3[nH]ccc23)c1. The van der Waals surface area contributed by atoms with E-state index in [1.807, 2.05) is 22.7 Å². The molecule has 4 rings (SSSR count). The maximum Gasteiger partial charge on any atom is 0.326 e. The van der Waals surface area contributed by atoms with Gasteiger partial charge in [0.05, 0.1) is 17.7 Å². The molecule has 0 radical (unpaired) electrons. The van der Waals surface area contributed by atoms with Crippen LogP contribution in [0.2, 0.25) is 0 Å². The van der Waals surface area contributed by atoms with Crippen LogP contribution in [0.25, 0.3) is 22.2 Å². The summed E-state index contributed by atoms with van der Waals surface area (Å²) in [6.45, 7) is 4.26. The minimum absolute atomic E-state index is 0.326. The summed E-state index contributed by atoms with van der Waals surface area (Å²) in [7, 11) is 1.70. The van der Waals surface area contributed by atoms with Gasteiger partial charge in [-0.25, -0.2) is 4.98 Å². The fraction of sp³-hybridized carbons (Fsp3) is 0.435. The van der Waals surface area contributed by atoms with E-state index in [-0.39, 0.29) is 0 Å². The van der Waals surface area contributed by atoms with Gasteiger partial charge in [-0.05, 0) is 66.5 Å². The number of aryl methyl sites for hydroxylation is 1. The number of H-pyrrole nitrogens is 1. The van der Waals surface area contributed by atoms with Crippen molar-refractivity contribution in [2.45, 2.75) is 57.0 Å². The van der Waals surface area contributed by atoms with Gasteiger partial charge in [-0.1, -0.05) is 13.3 Å². The molecule has 1 saturated carbocycles. The van der Waals surface area contributed by atoms with Crippen LogP contribution in [0.3, 0.4) is 0 Å². The van der Waals surface area contributed by atoms with Crippen molar-refractivity contribution in [3.05, 3.63) is 42.2 Å². The molecule has 1 N–H and O–H groups in total. The lowest BCUT2D eigenvalue weighted by atomic mass is 9.97. The number of ether oxygens (including phenoxy) is 1. The number of hydrogen-bond acceptors (Lipinski definition) is 3. The second-order valence-electron chi connectivity index (χ2n) is 7.39. The van der Waals surface area contributed by atoms with Crippen LogP contribution in [-0.2, 0) is 0 Å². The Labute approximate surface area is 171 Å². The van der Waals surface area contributed by atoms with Crippen molar-refractivity contribution in [2.24, 2.45) is 0 Å². The van der Waals surface area contributed by atoms with E-state index >= 15 is 0 Å². The van der Waals surface area contributed by atoms with E-state index in [4.69, 9.17) is 9.57 Å². The summed E-state index contributed by atoms with van der Waals surface area (Å²) in [5.74, 6) is 2.05. The predicted molar refractivity (Wildman–Crippen MR) is 115 cm³/mol. The molecule has 0 bridgehead atoms. The normalized spacial score (nSPS) is 15.1. The topological polar surface area (TPSA) is 38.1 Å². The molecule has 28 heavy (non-hydrogen) atoms. The van der Waals surface area contributed by atoms with E-state index in [1.165, 1.54) is 35.3 Å². The van der Waals surface area contributed by atoms with Crippen molar-refractivity contribution >= 4 is 22.8 Å². The van der Waals surface area contributed by atoms with Crippen LogP contribution >= 0.6 is 11.8 Å². The van der Waals surface area contributed by atoms with Gasteiger partial charge in [-0.2, -0.15) is 0 Å². The largest absolute Gasteiger partial charge is 0.490 e. The third kappa shape index (κ3) is 3.72. The van der Waals surface area contributed by atoms with Crippen molar-refractivity contribution in [1.82, 2.24) is 4.98 Å². The quantitative estimate of drug-likeness (QED) is 0.452. The van der Waals surface area contributed by atoms with Gasteiger partial charge in [-0.15, -0.1) is 11.8 Å². The number of benzene rings is 1. The summed E-state index contributed by atoms with van der Waals surface area (Å²) < 4.78 is 8.38. The molecule has 0 spiro atoms. The Kier molecular flexibility index (Phi) is 5.81.